The van der Waals surface area contributed by atoms with Gasteiger partial charge in [-0.2, -0.15) is 4.31 Å². The maximum absolute atomic E-state index is 13.0. The lowest BCUT2D eigenvalue weighted by atomic mass is 9.91. The SMILES string of the molecule is C[C@@H]1C[C@H](C)CN([C@@H](C)C(=O)N2CCN(S(=O)(=O)c3ccccc3)CC2)C1. The monoisotopic (exact) mass is 393 g/mol. The summed E-state index contributed by atoms with van der Waals surface area (Å²) in [7, 11) is -3.48. The van der Waals surface area contributed by atoms with Gasteiger partial charge in [-0.3, -0.25) is 9.69 Å². The molecule has 0 spiro atoms. The van der Waals surface area contributed by atoms with Crippen LogP contribution in [-0.2, 0) is 14.8 Å². The van der Waals surface area contributed by atoms with E-state index in [1.165, 1.54) is 10.7 Å². The van der Waals surface area contributed by atoms with Crippen LogP contribution in [0.4, 0.5) is 0 Å². The van der Waals surface area contributed by atoms with Gasteiger partial charge in [0.15, 0.2) is 0 Å². The number of nitrogens with zero attached hydrogens (tertiary/aromatic N) is 3. The van der Waals surface area contributed by atoms with Crippen molar-refractivity contribution in [1.29, 1.82) is 0 Å². The van der Waals surface area contributed by atoms with Gasteiger partial charge in [-0.05, 0) is 37.3 Å². The summed E-state index contributed by atoms with van der Waals surface area (Å²) in [5, 5.41) is 0. The standard InChI is InChI=1S/C20H31N3O3S/c1-16-13-17(2)15-22(14-16)18(3)20(24)21-9-11-23(12-10-21)27(25,26)19-7-5-4-6-8-19/h4-8,16-18H,9-15H2,1-3H3/t16-,17+,18-/m0/s1. The molecule has 1 amide bonds. The Morgan fingerprint density at radius 1 is 1.00 bits per heavy atom. The molecule has 27 heavy (non-hydrogen) atoms. The minimum Gasteiger partial charge on any atom is -0.339 e. The van der Waals surface area contributed by atoms with Gasteiger partial charge in [-0.15, -0.1) is 0 Å². The van der Waals surface area contributed by atoms with Gasteiger partial charge in [-0.25, -0.2) is 8.42 Å². The lowest BCUT2D eigenvalue weighted by Gasteiger charge is -2.41. The largest absolute Gasteiger partial charge is 0.339 e. The van der Waals surface area contributed by atoms with Crippen LogP contribution in [0, 0.1) is 11.8 Å². The molecule has 6 nitrogen and oxygen atoms in total. The Labute approximate surface area is 163 Å². The van der Waals surface area contributed by atoms with Crippen LogP contribution in [0.5, 0.6) is 0 Å². The molecule has 0 aromatic heterocycles. The fraction of sp³-hybridized carbons (Fsp3) is 0.650. The third-order valence-electron chi connectivity index (χ3n) is 5.73. The van der Waals surface area contributed by atoms with Crippen molar-refractivity contribution in [2.75, 3.05) is 39.3 Å². The second-order valence-electron chi connectivity index (χ2n) is 8.12. The van der Waals surface area contributed by atoms with E-state index >= 15 is 0 Å². The molecule has 3 rings (SSSR count). The van der Waals surface area contributed by atoms with Crippen LogP contribution >= 0.6 is 0 Å². The summed E-state index contributed by atoms with van der Waals surface area (Å²) in [6.45, 7) is 9.99. The lowest BCUT2D eigenvalue weighted by molar-refractivity contribution is -0.138. The van der Waals surface area contributed by atoms with Gasteiger partial charge in [0.25, 0.3) is 0 Å². The van der Waals surface area contributed by atoms with Gasteiger partial charge in [0.05, 0.1) is 10.9 Å². The van der Waals surface area contributed by atoms with Crippen molar-refractivity contribution < 1.29 is 13.2 Å². The first-order chi connectivity index (χ1) is 12.8. The van der Waals surface area contributed by atoms with Crippen LogP contribution in [0.1, 0.15) is 27.2 Å². The maximum atomic E-state index is 13.0. The van der Waals surface area contributed by atoms with Crippen molar-refractivity contribution >= 4 is 15.9 Å². The number of carbonyl (C=O) groups is 1. The molecule has 1 aromatic rings. The minimum absolute atomic E-state index is 0.119. The molecule has 2 aliphatic rings. The minimum atomic E-state index is -3.48. The summed E-state index contributed by atoms with van der Waals surface area (Å²) in [4.78, 5) is 17.4. The lowest BCUT2D eigenvalue weighted by Crippen LogP contribution is -2.56. The highest BCUT2D eigenvalue weighted by Crippen LogP contribution is 2.24. The van der Waals surface area contributed by atoms with Crippen molar-refractivity contribution in [2.24, 2.45) is 11.8 Å². The molecule has 0 unspecified atom stereocenters. The average molecular weight is 394 g/mol. The average Bonchev–Trinajstić information content (AvgIpc) is 2.67. The van der Waals surface area contributed by atoms with Gasteiger partial charge in [0, 0.05) is 39.3 Å². The normalized spacial score (nSPS) is 26.7. The van der Waals surface area contributed by atoms with E-state index in [1.54, 1.807) is 30.3 Å². The van der Waals surface area contributed by atoms with Crippen LogP contribution in [-0.4, -0.2) is 73.7 Å². The Hall–Kier alpha value is -1.44. The predicted octanol–water partition coefficient (Wildman–Crippen LogP) is 1.89. The Morgan fingerprint density at radius 2 is 1.56 bits per heavy atom. The molecule has 1 aromatic carbocycles. The van der Waals surface area contributed by atoms with Crippen molar-refractivity contribution in [3.05, 3.63) is 30.3 Å². The molecule has 2 fully saturated rings. The summed E-state index contributed by atoms with van der Waals surface area (Å²) in [6, 6.07) is 8.36. The fourth-order valence-electron chi connectivity index (χ4n) is 4.34. The van der Waals surface area contributed by atoms with Crippen LogP contribution in [0.25, 0.3) is 0 Å². The molecular weight excluding hydrogens is 362 g/mol. The van der Waals surface area contributed by atoms with Crippen LogP contribution in [0.15, 0.2) is 35.2 Å². The number of piperidine rings is 1. The molecule has 2 saturated heterocycles. The zero-order chi connectivity index (χ0) is 19.6. The summed E-state index contributed by atoms with van der Waals surface area (Å²) in [5.41, 5.74) is 0. The highest BCUT2D eigenvalue weighted by Gasteiger charge is 2.34. The summed E-state index contributed by atoms with van der Waals surface area (Å²) in [6.07, 6.45) is 1.22. The number of rotatable bonds is 4. The maximum Gasteiger partial charge on any atom is 0.243 e. The van der Waals surface area contributed by atoms with E-state index in [0.29, 0.717) is 42.9 Å². The van der Waals surface area contributed by atoms with Gasteiger partial charge in [0.1, 0.15) is 0 Å². The molecule has 0 radical (unpaired) electrons. The molecule has 2 aliphatic heterocycles. The van der Waals surface area contributed by atoms with Crippen molar-refractivity contribution in [1.82, 2.24) is 14.1 Å². The Balaban J connectivity index is 1.59. The molecule has 150 valence electrons. The number of hydrogen-bond donors (Lipinski definition) is 0. The first kappa shape index (κ1) is 20.3. The molecule has 3 atom stereocenters. The second-order valence-corrected chi connectivity index (χ2v) is 10.1. The number of benzene rings is 1. The van der Waals surface area contributed by atoms with E-state index in [1.807, 2.05) is 11.8 Å². The van der Waals surface area contributed by atoms with Gasteiger partial charge in [-0.1, -0.05) is 32.0 Å². The Morgan fingerprint density at radius 3 is 2.11 bits per heavy atom. The smallest absolute Gasteiger partial charge is 0.243 e. The number of piperazine rings is 1. The quantitative estimate of drug-likeness (QED) is 0.784. The van der Waals surface area contributed by atoms with Crippen molar-refractivity contribution in [2.45, 2.75) is 38.1 Å². The first-order valence-corrected chi connectivity index (χ1v) is 11.3. The number of sulfonamides is 1. The molecular formula is C20H31N3O3S. The second kappa shape index (κ2) is 8.29. The van der Waals surface area contributed by atoms with Crippen LogP contribution < -0.4 is 0 Å². The fourth-order valence-corrected chi connectivity index (χ4v) is 5.78. The summed E-state index contributed by atoms with van der Waals surface area (Å²) >= 11 is 0. The van der Waals surface area contributed by atoms with E-state index in [9.17, 15) is 13.2 Å². The third-order valence-corrected chi connectivity index (χ3v) is 7.65. The van der Waals surface area contributed by atoms with Crippen molar-refractivity contribution in [3.63, 3.8) is 0 Å². The van der Waals surface area contributed by atoms with Gasteiger partial charge >= 0.3 is 0 Å². The molecule has 0 N–H and O–H groups in total. The van der Waals surface area contributed by atoms with E-state index in [2.05, 4.69) is 18.7 Å². The molecule has 0 aliphatic carbocycles. The van der Waals surface area contributed by atoms with E-state index in [4.69, 9.17) is 0 Å². The number of amides is 1. The third kappa shape index (κ3) is 4.52. The summed E-state index contributed by atoms with van der Waals surface area (Å²) in [5.74, 6) is 1.33. The Kier molecular flexibility index (Phi) is 6.23. The zero-order valence-electron chi connectivity index (χ0n) is 16.5. The molecule has 7 heteroatoms. The van der Waals surface area contributed by atoms with E-state index < -0.39 is 10.0 Å². The highest BCUT2D eigenvalue weighted by atomic mass is 32.2. The molecule has 2 heterocycles. The Bertz CT molecular complexity index is 735. The topological polar surface area (TPSA) is 60.9 Å². The number of carbonyl (C=O) groups excluding carboxylic acids is 1. The van der Waals surface area contributed by atoms with E-state index in [0.717, 1.165) is 13.1 Å². The van der Waals surface area contributed by atoms with E-state index in [-0.39, 0.29) is 11.9 Å². The van der Waals surface area contributed by atoms with Gasteiger partial charge in [0.2, 0.25) is 15.9 Å². The van der Waals surface area contributed by atoms with Crippen LogP contribution in [0.2, 0.25) is 0 Å². The molecule has 0 bridgehead atoms. The van der Waals surface area contributed by atoms with Crippen molar-refractivity contribution in [3.8, 4) is 0 Å². The molecule has 0 saturated carbocycles. The summed E-state index contributed by atoms with van der Waals surface area (Å²) < 4.78 is 27.0. The predicted molar refractivity (Wildman–Crippen MR) is 106 cm³/mol. The first-order valence-electron chi connectivity index (χ1n) is 9.87. The number of hydrogen-bond acceptors (Lipinski definition) is 4. The zero-order valence-corrected chi connectivity index (χ0v) is 17.4. The van der Waals surface area contributed by atoms with Gasteiger partial charge < -0.3 is 4.90 Å². The highest BCUT2D eigenvalue weighted by molar-refractivity contribution is 7.89. The number of likely N-dealkylation sites (tertiary alicyclic amines) is 1. The van der Waals surface area contributed by atoms with Crippen LogP contribution in [0.3, 0.4) is 0 Å².